The van der Waals surface area contributed by atoms with Crippen LogP contribution in [0.4, 0.5) is 5.95 Å². The van der Waals surface area contributed by atoms with Crippen molar-refractivity contribution < 1.29 is 4.74 Å². The molecular weight excluding hydrogens is 282 g/mol. The second kappa shape index (κ2) is 6.02. The minimum absolute atomic E-state index is 0.116. The SMILES string of the molecule is Cc1cc(OC(C)C)nc(NC2CCCc3sccc32)n1. The van der Waals surface area contributed by atoms with E-state index in [9.17, 15) is 0 Å². The van der Waals surface area contributed by atoms with Gasteiger partial charge in [-0.05, 0) is 57.0 Å². The van der Waals surface area contributed by atoms with Crippen molar-refractivity contribution in [1.82, 2.24) is 9.97 Å². The number of aromatic nitrogens is 2. The summed E-state index contributed by atoms with van der Waals surface area (Å²) >= 11 is 1.85. The molecule has 0 bridgehead atoms. The number of hydrogen-bond acceptors (Lipinski definition) is 5. The number of anilines is 1. The lowest BCUT2D eigenvalue weighted by Crippen LogP contribution is -2.18. The fourth-order valence-electron chi connectivity index (χ4n) is 2.70. The molecule has 0 aromatic carbocycles. The maximum Gasteiger partial charge on any atom is 0.226 e. The average Bonchev–Trinajstić information content (AvgIpc) is 2.86. The number of aryl methyl sites for hydroxylation is 2. The van der Waals surface area contributed by atoms with Crippen LogP contribution in [0.3, 0.4) is 0 Å². The van der Waals surface area contributed by atoms with E-state index in [2.05, 4.69) is 26.7 Å². The molecule has 21 heavy (non-hydrogen) atoms. The molecule has 1 atom stereocenters. The third-order valence-corrected chi connectivity index (χ3v) is 4.54. The normalized spacial score (nSPS) is 17.6. The summed E-state index contributed by atoms with van der Waals surface area (Å²) in [5, 5.41) is 5.66. The molecule has 5 heteroatoms. The largest absolute Gasteiger partial charge is 0.475 e. The Balaban J connectivity index is 1.81. The molecule has 2 heterocycles. The number of ether oxygens (including phenoxy) is 1. The van der Waals surface area contributed by atoms with E-state index < -0.39 is 0 Å². The molecule has 0 amide bonds. The first kappa shape index (κ1) is 14.3. The monoisotopic (exact) mass is 303 g/mol. The lowest BCUT2D eigenvalue weighted by molar-refractivity contribution is 0.232. The van der Waals surface area contributed by atoms with E-state index in [1.165, 1.54) is 23.3 Å². The van der Waals surface area contributed by atoms with Crippen molar-refractivity contribution in [3.63, 3.8) is 0 Å². The Morgan fingerprint density at radius 2 is 2.24 bits per heavy atom. The standard InChI is InChI=1S/C16H21N3OS/c1-10(2)20-15-9-11(3)17-16(19-15)18-13-5-4-6-14-12(13)7-8-21-14/h7-10,13H,4-6H2,1-3H3,(H,17,18,19). The zero-order valence-electron chi connectivity index (χ0n) is 12.7. The Bertz CT molecular complexity index is 624. The fourth-order valence-corrected chi connectivity index (χ4v) is 3.69. The molecule has 0 radical (unpaired) electrons. The van der Waals surface area contributed by atoms with Gasteiger partial charge in [0, 0.05) is 16.6 Å². The Kier molecular flexibility index (Phi) is 4.10. The maximum absolute atomic E-state index is 5.69. The molecule has 1 aliphatic rings. The molecule has 0 saturated heterocycles. The molecule has 0 saturated carbocycles. The quantitative estimate of drug-likeness (QED) is 0.923. The maximum atomic E-state index is 5.69. The summed E-state index contributed by atoms with van der Waals surface area (Å²) in [5.74, 6) is 1.30. The van der Waals surface area contributed by atoms with Gasteiger partial charge >= 0.3 is 0 Å². The van der Waals surface area contributed by atoms with E-state index in [4.69, 9.17) is 4.74 Å². The third kappa shape index (κ3) is 3.35. The molecule has 112 valence electrons. The molecule has 0 spiro atoms. The van der Waals surface area contributed by atoms with Gasteiger partial charge in [0.05, 0.1) is 12.1 Å². The number of rotatable bonds is 4. The van der Waals surface area contributed by atoms with Gasteiger partial charge < -0.3 is 10.1 Å². The number of nitrogens with one attached hydrogen (secondary N) is 1. The zero-order valence-corrected chi connectivity index (χ0v) is 13.5. The van der Waals surface area contributed by atoms with Gasteiger partial charge in [0.15, 0.2) is 0 Å². The Morgan fingerprint density at radius 1 is 1.38 bits per heavy atom. The molecule has 2 aromatic heterocycles. The number of fused-ring (bicyclic) bond motifs is 1. The van der Waals surface area contributed by atoms with Crippen LogP contribution in [0.1, 0.15) is 48.9 Å². The van der Waals surface area contributed by atoms with Crippen molar-refractivity contribution in [1.29, 1.82) is 0 Å². The zero-order chi connectivity index (χ0) is 14.8. The van der Waals surface area contributed by atoms with Crippen molar-refractivity contribution in [2.24, 2.45) is 0 Å². The average molecular weight is 303 g/mol. The number of thiophene rings is 1. The number of hydrogen-bond donors (Lipinski definition) is 1. The van der Waals surface area contributed by atoms with Gasteiger partial charge in [0.1, 0.15) is 0 Å². The molecule has 0 aliphatic heterocycles. The van der Waals surface area contributed by atoms with E-state index in [-0.39, 0.29) is 6.10 Å². The highest BCUT2D eigenvalue weighted by molar-refractivity contribution is 7.10. The summed E-state index contributed by atoms with van der Waals surface area (Å²) in [5.41, 5.74) is 2.33. The predicted molar refractivity (Wildman–Crippen MR) is 86.2 cm³/mol. The first-order valence-corrected chi connectivity index (χ1v) is 8.35. The van der Waals surface area contributed by atoms with Crippen molar-refractivity contribution in [2.45, 2.75) is 52.2 Å². The number of nitrogens with zero attached hydrogens (tertiary/aromatic N) is 2. The Hall–Kier alpha value is -1.62. The molecule has 0 fully saturated rings. The highest BCUT2D eigenvalue weighted by atomic mass is 32.1. The first-order chi connectivity index (χ1) is 10.1. The smallest absolute Gasteiger partial charge is 0.226 e. The van der Waals surface area contributed by atoms with Crippen LogP contribution < -0.4 is 10.1 Å². The van der Waals surface area contributed by atoms with Gasteiger partial charge in [-0.25, -0.2) is 4.98 Å². The van der Waals surface area contributed by atoms with Crippen LogP contribution in [0.2, 0.25) is 0 Å². The highest BCUT2D eigenvalue weighted by Gasteiger charge is 2.22. The van der Waals surface area contributed by atoms with E-state index in [0.717, 1.165) is 12.1 Å². The summed E-state index contributed by atoms with van der Waals surface area (Å²) in [7, 11) is 0. The van der Waals surface area contributed by atoms with Crippen LogP contribution in [0.25, 0.3) is 0 Å². The van der Waals surface area contributed by atoms with Gasteiger partial charge in [0.2, 0.25) is 11.8 Å². The molecule has 1 aliphatic carbocycles. The Labute approximate surface area is 129 Å². The van der Waals surface area contributed by atoms with E-state index >= 15 is 0 Å². The van der Waals surface area contributed by atoms with Crippen molar-refractivity contribution in [2.75, 3.05) is 5.32 Å². The van der Waals surface area contributed by atoms with Crippen molar-refractivity contribution >= 4 is 17.3 Å². The lowest BCUT2D eigenvalue weighted by Gasteiger charge is -2.24. The van der Waals surface area contributed by atoms with Crippen LogP contribution in [0.5, 0.6) is 5.88 Å². The predicted octanol–water partition coefficient (Wildman–Crippen LogP) is 4.12. The lowest BCUT2D eigenvalue weighted by atomic mass is 9.94. The van der Waals surface area contributed by atoms with Gasteiger partial charge in [0.25, 0.3) is 0 Å². The van der Waals surface area contributed by atoms with Crippen LogP contribution in [0.15, 0.2) is 17.5 Å². The summed E-state index contributed by atoms with van der Waals surface area (Å²) < 4.78 is 5.69. The summed E-state index contributed by atoms with van der Waals surface area (Å²) in [4.78, 5) is 10.5. The summed E-state index contributed by atoms with van der Waals surface area (Å²) in [6.07, 6.45) is 3.65. The van der Waals surface area contributed by atoms with Gasteiger partial charge in [-0.1, -0.05) is 0 Å². The van der Waals surface area contributed by atoms with E-state index in [1.54, 1.807) is 0 Å². The molecule has 2 aromatic rings. The minimum Gasteiger partial charge on any atom is -0.475 e. The molecular formula is C16H21N3OS. The topological polar surface area (TPSA) is 47.0 Å². The highest BCUT2D eigenvalue weighted by Crippen LogP contribution is 2.35. The molecule has 1 unspecified atom stereocenters. The second-order valence-electron chi connectivity index (χ2n) is 5.73. The second-order valence-corrected chi connectivity index (χ2v) is 6.73. The van der Waals surface area contributed by atoms with Crippen LogP contribution in [-0.2, 0) is 6.42 Å². The summed E-state index contributed by atoms with van der Waals surface area (Å²) in [6, 6.07) is 4.41. The van der Waals surface area contributed by atoms with E-state index in [1.807, 2.05) is 38.2 Å². The minimum atomic E-state index is 0.116. The Morgan fingerprint density at radius 3 is 3.05 bits per heavy atom. The van der Waals surface area contributed by atoms with Crippen molar-refractivity contribution in [3.05, 3.63) is 33.6 Å². The van der Waals surface area contributed by atoms with Gasteiger partial charge in [-0.3, -0.25) is 0 Å². The van der Waals surface area contributed by atoms with Gasteiger partial charge in [-0.2, -0.15) is 4.98 Å². The van der Waals surface area contributed by atoms with Gasteiger partial charge in [-0.15, -0.1) is 11.3 Å². The third-order valence-electron chi connectivity index (χ3n) is 3.54. The molecule has 1 N–H and O–H groups in total. The molecule has 3 rings (SSSR count). The van der Waals surface area contributed by atoms with Crippen LogP contribution in [0, 0.1) is 6.92 Å². The van der Waals surface area contributed by atoms with Crippen LogP contribution >= 0.6 is 11.3 Å². The summed E-state index contributed by atoms with van der Waals surface area (Å²) in [6.45, 7) is 5.98. The molecule has 4 nitrogen and oxygen atoms in total. The van der Waals surface area contributed by atoms with Crippen molar-refractivity contribution in [3.8, 4) is 5.88 Å². The van der Waals surface area contributed by atoms with E-state index in [0.29, 0.717) is 17.9 Å². The van der Waals surface area contributed by atoms with Crippen LogP contribution in [-0.4, -0.2) is 16.1 Å². The first-order valence-electron chi connectivity index (χ1n) is 7.47. The fraction of sp³-hybridized carbons (Fsp3) is 0.500.